The zero-order chi connectivity index (χ0) is 7.28. The van der Waals surface area contributed by atoms with E-state index in [1.807, 2.05) is 0 Å². The molecule has 2 heteroatoms. The van der Waals surface area contributed by atoms with Crippen LogP contribution < -0.4 is 0 Å². The first-order chi connectivity index (χ1) is 4.13. The van der Waals surface area contributed by atoms with Gasteiger partial charge in [0.1, 0.15) is 0 Å². The van der Waals surface area contributed by atoms with E-state index in [1.165, 1.54) is 0 Å². The van der Waals surface area contributed by atoms with Crippen molar-refractivity contribution in [2.24, 2.45) is 9.98 Å². The van der Waals surface area contributed by atoms with Crippen molar-refractivity contribution >= 4 is 6.01 Å². The Morgan fingerprint density at radius 3 is 1.67 bits per heavy atom. The minimum absolute atomic E-state index is 0.694. The Balaban J connectivity index is 3.97. The first kappa shape index (κ1) is 7.86. The molecule has 0 spiro atoms. The van der Waals surface area contributed by atoms with Gasteiger partial charge in [0, 0.05) is 11.4 Å². The summed E-state index contributed by atoms with van der Waals surface area (Å²) in [7, 11) is 0. The van der Waals surface area contributed by atoms with Gasteiger partial charge in [-0.1, -0.05) is 13.2 Å². The summed E-state index contributed by atoms with van der Waals surface area (Å²) in [5.41, 5.74) is 1.39. The van der Waals surface area contributed by atoms with Gasteiger partial charge >= 0.3 is 0 Å². The Bertz CT molecular complexity index is 165. The van der Waals surface area contributed by atoms with Crippen molar-refractivity contribution in [2.45, 2.75) is 13.8 Å². The SMILES string of the molecule is C=C(C)N=C=NC(=C)C. The van der Waals surface area contributed by atoms with Crippen LogP contribution in [0.25, 0.3) is 0 Å². The molecule has 48 valence electrons. The van der Waals surface area contributed by atoms with E-state index >= 15 is 0 Å². The number of allylic oxidation sites excluding steroid dienone is 2. The van der Waals surface area contributed by atoms with Crippen molar-refractivity contribution in [1.82, 2.24) is 0 Å². The Hall–Kier alpha value is -1.14. The van der Waals surface area contributed by atoms with Crippen LogP contribution in [0.3, 0.4) is 0 Å². The van der Waals surface area contributed by atoms with Crippen LogP contribution in [0.15, 0.2) is 34.5 Å². The molecular weight excluding hydrogens is 112 g/mol. The average Bonchev–Trinajstić information content (AvgIpc) is 1.63. The lowest BCUT2D eigenvalue weighted by Crippen LogP contribution is -1.63. The zero-order valence-electron chi connectivity index (χ0n) is 5.81. The summed E-state index contributed by atoms with van der Waals surface area (Å²) in [4.78, 5) is 7.39. The maximum Gasteiger partial charge on any atom is 0.0997 e. The lowest BCUT2D eigenvalue weighted by Gasteiger charge is -1.77. The maximum absolute atomic E-state index is 3.69. The number of nitrogens with zero attached hydrogens (tertiary/aromatic N) is 2. The molecule has 2 nitrogen and oxygen atoms in total. The fraction of sp³-hybridized carbons (Fsp3) is 0.286. The normalized spacial score (nSPS) is 7.33. The van der Waals surface area contributed by atoms with Crippen molar-refractivity contribution < 1.29 is 0 Å². The highest BCUT2D eigenvalue weighted by Crippen LogP contribution is 1.86. The van der Waals surface area contributed by atoms with Crippen LogP contribution >= 0.6 is 0 Å². The third kappa shape index (κ3) is 6.86. The van der Waals surface area contributed by atoms with Crippen LogP contribution in [0.4, 0.5) is 0 Å². The Kier molecular flexibility index (Phi) is 3.33. The molecule has 0 aliphatic rings. The molecule has 0 aromatic rings. The molecule has 0 amide bonds. The number of aliphatic imine (C=N–C) groups is 2. The highest BCUT2D eigenvalue weighted by Gasteiger charge is 1.70. The van der Waals surface area contributed by atoms with E-state index in [2.05, 4.69) is 29.2 Å². The van der Waals surface area contributed by atoms with Gasteiger partial charge in [-0.15, -0.1) is 0 Å². The minimum atomic E-state index is 0.694. The minimum Gasteiger partial charge on any atom is -0.193 e. The van der Waals surface area contributed by atoms with Gasteiger partial charge in [-0.3, -0.25) is 0 Å². The smallest absolute Gasteiger partial charge is 0.0997 e. The second kappa shape index (κ2) is 3.81. The van der Waals surface area contributed by atoms with E-state index in [4.69, 9.17) is 0 Å². The topological polar surface area (TPSA) is 24.7 Å². The predicted octanol–water partition coefficient (Wildman–Crippen LogP) is 2.23. The highest BCUT2D eigenvalue weighted by atomic mass is 14.8. The van der Waals surface area contributed by atoms with Crippen molar-refractivity contribution in [3.05, 3.63) is 24.6 Å². The first-order valence-corrected chi connectivity index (χ1v) is 2.60. The fourth-order valence-electron chi connectivity index (χ4n) is 0.196. The molecule has 0 N–H and O–H groups in total. The van der Waals surface area contributed by atoms with Crippen LogP contribution in [-0.4, -0.2) is 6.01 Å². The van der Waals surface area contributed by atoms with Crippen LogP contribution in [0.2, 0.25) is 0 Å². The summed E-state index contributed by atoms with van der Waals surface area (Å²) < 4.78 is 0. The Morgan fingerprint density at radius 2 is 1.44 bits per heavy atom. The molecule has 0 radical (unpaired) electrons. The molecule has 0 heterocycles. The van der Waals surface area contributed by atoms with E-state index < -0.39 is 0 Å². The Labute approximate surface area is 55.3 Å². The standard InChI is InChI=1S/C7H10N2/c1-6(2)8-5-9-7(3)4/h1,3H2,2,4H3. The van der Waals surface area contributed by atoms with E-state index in [0.717, 1.165) is 0 Å². The second-order valence-electron chi connectivity index (χ2n) is 1.79. The molecule has 0 saturated carbocycles. The molecule has 0 aromatic carbocycles. The van der Waals surface area contributed by atoms with Crippen molar-refractivity contribution in [1.29, 1.82) is 0 Å². The molecular formula is C7H10N2. The van der Waals surface area contributed by atoms with Gasteiger partial charge in [0.15, 0.2) is 0 Å². The largest absolute Gasteiger partial charge is 0.193 e. The van der Waals surface area contributed by atoms with Crippen LogP contribution in [-0.2, 0) is 0 Å². The van der Waals surface area contributed by atoms with E-state index in [1.54, 1.807) is 13.8 Å². The summed E-state index contributed by atoms with van der Waals surface area (Å²) in [5, 5.41) is 0. The zero-order valence-corrected chi connectivity index (χ0v) is 5.81. The van der Waals surface area contributed by atoms with Crippen molar-refractivity contribution in [3.63, 3.8) is 0 Å². The van der Waals surface area contributed by atoms with Gasteiger partial charge in [-0.05, 0) is 13.8 Å². The van der Waals surface area contributed by atoms with Gasteiger partial charge in [0.25, 0.3) is 0 Å². The lowest BCUT2D eigenvalue weighted by atomic mass is 10.6. The summed E-state index contributed by atoms with van der Waals surface area (Å²) >= 11 is 0. The van der Waals surface area contributed by atoms with Gasteiger partial charge in [-0.2, -0.15) is 9.98 Å². The van der Waals surface area contributed by atoms with Crippen LogP contribution in [0.1, 0.15) is 13.8 Å². The molecule has 0 fully saturated rings. The van der Waals surface area contributed by atoms with Crippen molar-refractivity contribution in [2.75, 3.05) is 0 Å². The first-order valence-electron chi connectivity index (χ1n) is 2.60. The predicted molar refractivity (Wildman–Crippen MR) is 39.5 cm³/mol. The summed E-state index contributed by atoms with van der Waals surface area (Å²) in [6, 6.07) is 2.44. The molecule has 0 aromatic heterocycles. The maximum atomic E-state index is 3.69. The van der Waals surface area contributed by atoms with Crippen LogP contribution in [0, 0.1) is 0 Å². The lowest BCUT2D eigenvalue weighted by molar-refractivity contribution is 1.30. The fourth-order valence-corrected chi connectivity index (χ4v) is 0.196. The van der Waals surface area contributed by atoms with Crippen LogP contribution in [0.5, 0.6) is 0 Å². The third-order valence-electron chi connectivity index (χ3n) is 0.482. The molecule has 0 aliphatic carbocycles. The van der Waals surface area contributed by atoms with Gasteiger partial charge in [0.05, 0.1) is 6.01 Å². The number of rotatable bonds is 2. The average molecular weight is 122 g/mol. The molecule has 9 heavy (non-hydrogen) atoms. The number of hydrogen-bond donors (Lipinski definition) is 0. The second-order valence-corrected chi connectivity index (χ2v) is 1.79. The summed E-state index contributed by atoms with van der Waals surface area (Å²) in [6.07, 6.45) is 0. The third-order valence-corrected chi connectivity index (χ3v) is 0.482. The molecule has 0 saturated heterocycles. The summed E-state index contributed by atoms with van der Waals surface area (Å²) in [5.74, 6) is 0. The summed E-state index contributed by atoms with van der Waals surface area (Å²) in [6.45, 7) is 10.6. The Morgan fingerprint density at radius 1 is 1.11 bits per heavy atom. The molecule has 0 unspecified atom stereocenters. The van der Waals surface area contributed by atoms with Gasteiger partial charge < -0.3 is 0 Å². The molecule has 0 aliphatic heterocycles. The highest BCUT2D eigenvalue weighted by molar-refractivity contribution is 5.45. The molecule has 0 atom stereocenters. The van der Waals surface area contributed by atoms with Gasteiger partial charge in [-0.25, -0.2) is 0 Å². The quantitative estimate of drug-likeness (QED) is 0.502. The number of hydrogen-bond acceptors (Lipinski definition) is 2. The van der Waals surface area contributed by atoms with E-state index in [0.29, 0.717) is 11.4 Å². The van der Waals surface area contributed by atoms with Crippen molar-refractivity contribution in [3.8, 4) is 0 Å². The van der Waals surface area contributed by atoms with E-state index in [-0.39, 0.29) is 0 Å². The van der Waals surface area contributed by atoms with E-state index in [9.17, 15) is 0 Å². The monoisotopic (exact) mass is 122 g/mol. The molecule has 0 rings (SSSR count). The molecule has 0 bridgehead atoms. The van der Waals surface area contributed by atoms with Gasteiger partial charge in [0.2, 0.25) is 0 Å².